The monoisotopic (exact) mass is 129 g/mol. The van der Waals surface area contributed by atoms with Crippen molar-refractivity contribution in [3.05, 3.63) is 6.61 Å². The minimum Gasteiger partial charge on any atom is -0.481 e. The molecule has 0 spiro atoms. The molecule has 1 radical (unpaired) electrons. The van der Waals surface area contributed by atoms with Crippen LogP contribution in [0.25, 0.3) is 0 Å². The summed E-state index contributed by atoms with van der Waals surface area (Å²) in [6, 6.07) is 0. The van der Waals surface area contributed by atoms with E-state index in [4.69, 9.17) is 5.11 Å². The van der Waals surface area contributed by atoms with Crippen LogP contribution in [0.15, 0.2) is 0 Å². The molecule has 0 aromatic rings. The Morgan fingerprint density at radius 1 is 2.00 bits per heavy atom. The lowest BCUT2D eigenvalue weighted by atomic mass is 9.83. The number of carboxylic acids is 1. The molecule has 0 bridgehead atoms. The van der Waals surface area contributed by atoms with Gasteiger partial charge in [-0.3, -0.25) is 4.79 Å². The van der Waals surface area contributed by atoms with Crippen LogP contribution in [-0.4, -0.2) is 17.7 Å². The van der Waals surface area contributed by atoms with Crippen LogP contribution in [0.4, 0.5) is 0 Å². The highest BCUT2D eigenvalue weighted by atomic mass is 16.5. The van der Waals surface area contributed by atoms with E-state index in [0.717, 1.165) is 0 Å². The van der Waals surface area contributed by atoms with Crippen molar-refractivity contribution in [3.8, 4) is 0 Å². The normalized spacial score (nSPS) is 22.8. The van der Waals surface area contributed by atoms with Crippen LogP contribution in [0.3, 0.4) is 0 Å². The van der Waals surface area contributed by atoms with Crippen molar-refractivity contribution in [2.75, 3.05) is 6.61 Å². The molecule has 0 aliphatic carbocycles. The largest absolute Gasteiger partial charge is 0.481 e. The molecule has 1 saturated heterocycles. The van der Waals surface area contributed by atoms with Crippen molar-refractivity contribution in [2.45, 2.75) is 13.3 Å². The smallest absolute Gasteiger partial charge is 0.314 e. The fourth-order valence-corrected chi connectivity index (χ4v) is 0.733. The quantitative estimate of drug-likeness (QED) is 0.595. The van der Waals surface area contributed by atoms with E-state index in [1.165, 1.54) is 6.61 Å². The number of ether oxygens (including phenoxy) is 1. The SMILES string of the molecule is CCC1(C(=O)O)[CH]OC1. The molecule has 1 unspecified atom stereocenters. The van der Waals surface area contributed by atoms with Gasteiger partial charge in [-0.1, -0.05) is 6.92 Å². The second-order valence-corrected chi connectivity index (χ2v) is 2.24. The van der Waals surface area contributed by atoms with Crippen LogP contribution in [-0.2, 0) is 9.53 Å². The van der Waals surface area contributed by atoms with Crippen molar-refractivity contribution in [3.63, 3.8) is 0 Å². The first-order valence-electron chi connectivity index (χ1n) is 2.90. The summed E-state index contributed by atoms with van der Waals surface area (Å²) in [6.07, 6.45) is 0.613. The zero-order valence-electron chi connectivity index (χ0n) is 5.26. The van der Waals surface area contributed by atoms with Crippen LogP contribution >= 0.6 is 0 Å². The molecule has 1 aliphatic heterocycles. The van der Waals surface area contributed by atoms with Crippen LogP contribution in [0.2, 0.25) is 0 Å². The molecule has 1 atom stereocenters. The van der Waals surface area contributed by atoms with Gasteiger partial charge >= 0.3 is 5.97 Å². The molecular weight excluding hydrogens is 120 g/mol. The van der Waals surface area contributed by atoms with Crippen molar-refractivity contribution >= 4 is 5.97 Å². The Kier molecular flexibility index (Phi) is 1.45. The molecule has 1 fully saturated rings. The van der Waals surface area contributed by atoms with Gasteiger partial charge in [0.15, 0.2) is 0 Å². The van der Waals surface area contributed by atoms with Crippen LogP contribution in [0.5, 0.6) is 0 Å². The highest BCUT2D eigenvalue weighted by Gasteiger charge is 2.44. The van der Waals surface area contributed by atoms with Gasteiger partial charge < -0.3 is 9.84 Å². The van der Waals surface area contributed by atoms with Crippen LogP contribution in [0.1, 0.15) is 13.3 Å². The molecule has 3 heteroatoms. The third-order valence-corrected chi connectivity index (χ3v) is 1.71. The number of hydrogen-bond donors (Lipinski definition) is 1. The van der Waals surface area contributed by atoms with Crippen molar-refractivity contribution < 1.29 is 14.6 Å². The van der Waals surface area contributed by atoms with Gasteiger partial charge in [0, 0.05) is 0 Å². The molecule has 1 heterocycles. The van der Waals surface area contributed by atoms with Gasteiger partial charge in [-0.15, -0.1) is 0 Å². The standard InChI is InChI=1S/C6H9O3/c1-2-6(5(7)8)3-9-4-6/h3H,2,4H2,1H3,(H,7,8). The van der Waals surface area contributed by atoms with E-state index < -0.39 is 11.4 Å². The predicted octanol–water partition coefficient (Wildman–Crippen LogP) is 0.659. The van der Waals surface area contributed by atoms with Crippen LogP contribution < -0.4 is 0 Å². The van der Waals surface area contributed by atoms with Gasteiger partial charge in [0.2, 0.25) is 0 Å². The Balaban J connectivity index is 2.57. The first-order chi connectivity index (χ1) is 4.21. The predicted molar refractivity (Wildman–Crippen MR) is 30.6 cm³/mol. The third kappa shape index (κ3) is 0.812. The van der Waals surface area contributed by atoms with E-state index in [-0.39, 0.29) is 0 Å². The highest BCUT2D eigenvalue weighted by Crippen LogP contribution is 2.35. The molecule has 1 N–H and O–H groups in total. The van der Waals surface area contributed by atoms with Crippen molar-refractivity contribution in [1.82, 2.24) is 0 Å². The molecule has 9 heavy (non-hydrogen) atoms. The Hall–Kier alpha value is -0.570. The molecule has 0 aromatic carbocycles. The van der Waals surface area contributed by atoms with Crippen LogP contribution in [0, 0.1) is 12.0 Å². The fraction of sp³-hybridized carbons (Fsp3) is 0.667. The molecular formula is C6H9O3. The molecule has 1 rings (SSSR count). The number of carbonyl (C=O) groups is 1. The van der Waals surface area contributed by atoms with Gasteiger partial charge in [0.25, 0.3) is 0 Å². The summed E-state index contributed by atoms with van der Waals surface area (Å²) in [5.74, 6) is -0.781. The highest BCUT2D eigenvalue weighted by molar-refractivity contribution is 5.77. The average Bonchev–Trinajstić information content (AvgIpc) is 1.62. The van der Waals surface area contributed by atoms with Gasteiger partial charge in [0.05, 0.1) is 6.61 Å². The number of rotatable bonds is 2. The Bertz CT molecular complexity index is 121. The number of carboxylic acid groups (broad SMARTS) is 1. The van der Waals surface area contributed by atoms with Gasteiger partial charge in [-0.2, -0.15) is 0 Å². The first kappa shape index (κ1) is 6.55. The zero-order valence-corrected chi connectivity index (χ0v) is 5.26. The van der Waals surface area contributed by atoms with E-state index in [2.05, 4.69) is 4.74 Å². The van der Waals surface area contributed by atoms with Gasteiger partial charge in [0.1, 0.15) is 12.0 Å². The summed E-state index contributed by atoms with van der Waals surface area (Å²) in [4.78, 5) is 10.4. The summed E-state index contributed by atoms with van der Waals surface area (Å²) < 4.78 is 4.68. The maximum absolute atomic E-state index is 10.4. The summed E-state index contributed by atoms with van der Waals surface area (Å²) in [5.41, 5.74) is -0.667. The Morgan fingerprint density at radius 3 is 2.56 bits per heavy atom. The lowest BCUT2D eigenvalue weighted by Crippen LogP contribution is -2.44. The molecule has 51 valence electrons. The molecule has 1 aliphatic rings. The lowest BCUT2D eigenvalue weighted by molar-refractivity contribution is -0.165. The third-order valence-electron chi connectivity index (χ3n) is 1.71. The van der Waals surface area contributed by atoms with E-state index in [0.29, 0.717) is 13.0 Å². The summed E-state index contributed by atoms with van der Waals surface area (Å²) in [6.45, 7) is 3.57. The second-order valence-electron chi connectivity index (χ2n) is 2.24. The topological polar surface area (TPSA) is 46.5 Å². The lowest BCUT2D eigenvalue weighted by Gasteiger charge is -2.35. The summed E-state index contributed by atoms with van der Waals surface area (Å²) in [7, 11) is 0. The Morgan fingerprint density at radius 2 is 2.56 bits per heavy atom. The minimum absolute atomic E-state index is 0.332. The number of hydrogen-bond acceptors (Lipinski definition) is 2. The van der Waals surface area contributed by atoms with E-state index >= 15 is 0 Å². The van der Waals surface area contributed by atoms with Crippen molar-refractivity contribution in [2.24, 2.45) is 5.41 Å². The van der Waals surface area contributed by atoms with E-state index in [1.54, 1.807) is 0 Å². The molecule has 3 nitrogen and oxygen atoms in total. The fourth-order valence-electron chi connectivity index (χ4n) is 0.733. The summed E-state index contributed by atoms with van der Waals surface area (Å²) in [5, 5.41) is 8.57. The number of aliphatic carboxylic acids is 1. The maximum Gasteiger partial charge on any atom is 0.314 e. The summed E-state index contributed by atoms with van der Waals surface area (Å²) >= 11 is 0. The first-order valence-corrected chi connectivity index (χ1v) is 2.90. The van der Waals surface area contributed by atoms with E-state index in [9.17, 15) is 4.79 Å². The van der Waals surface area contributed by atoms with Gasteiger partial charge in [-0.05, 0) is 6.42 Å². The minimum atomic E-state index is -0.781. The molecule has 0 saturated carbocycles. The molecule has 0 amide bonds. The maximum atomic E-state index is 10.4. The second kappa shape index (κ2) is 1.99. The molecule has 0 aromatic heterocycles. The van der Waals surface area contributed by atoms with E-state index in [1.807, 2.05) is 6.92 Å². The van der Waals surface area contributed by atoms with Crippen molar-refractivity contribution in [1.29, 1.82) is 0 Å². The zero-order chi connectivity index (χ0) is 6.91. The Labute approximate surface area is 53.6 Å². The van der Waals surface area contributed by atoms with Gasteiger partial charge in [-0.25, -0.2) is 0 Å². The average molecular weight is 129 g/mol.